The van der Waals surface area contributed by atoms with Gasteiger partial charge in [0.25, 0.3) is 5.91 Å². The molecule has 1 saturated heterocycles. The van der Waals surface area contributed by atoms with Crippen molar-refractivity contribution in [2.24, 2.45) is 0 Å². The zero-order valence-electron chi connectivity index (χ0n) is 18.3. The molecule has 4 rings (SSSR count). The van der Waals surface area contributed by atoms with Crippen LogP contribution in [0, 0.1) is 20.8 Å². The van der Waals surface area contributed by atoms with E-state index >= 15 is 0 Å². The van der Waals surface area contributed by atoms with Crippen LogP contribution in [0.2, 0.25) is 0 Å². The first-order valence-corrected chi connectivity index (χ1v) is 11.1. The van der Waals surface area contributed by atoms with Crippen molar-refractivity contribution in [1.82, 2.24) is 25.2 Å². The van der Waals surface area contributed by atoms with Crippen molar-refractivity contribution < 1.29 is 14.1 Å². The summed E-state index contributed by atoms with van der Waals surface area (Å²) in [5.41, 5.74) is 3.74. The fraction of sp³-hybridized carbons (Fsp3) is 0.476. The van der Waals surface area contributed by atoms with Gasteiger partial charge in [0, 0.05) is 17.9 Å². The first-order valence-electron chi connectivity index (χ1n) is 10.2. The first-order chi connectivity index (χ1) is 14.8. The van der Waals surface area contributed by atoms with Gasteiger partial charge in [0.15, 0.2) is 0 Å². The summed E-state index contributed by atoms with van der Waals surface area (Å²) in [5.74, 6) is 0.569. The number of carbonyl (C=O) groups excluding carboxylic acids is 1. The Morgan fingerprint density at radius 2 is 2.06 bits per heavy atom. The number of pyridine rings is 1. The average Bonchev–Trinajstić information content (AvgIpc) is 3.32. The number of anilines is 2. The lowest BCUT2D eigenvalue weighted by atomic mass is 10.0. The summed E-state index contributed by atoms with van der Waals surface area (Å²) >= 11 is 1.48. The highest BCUT2D eigenvalue weighted by atomic mass is 32.1. The van der Waals surface area contributed by atoms with E-state index in [1.165, 1.54) is 11.3 Å². The van der Waals surface area contributed by atoms with Gasteiger partial charge in [-0.15, -0.1) is 10.2 Å². The largest absolute Gasteiger partial charge is 0.368 e. The van der Waals surface area contributed by atoms with Crippen molar-refractivity contribution in [3.8, 4) is 0 Å². The molecule has 164 valence electrons. The molecule has 31 heavy (non-hydrogen) atoms. The highest BCUT2D eigenvalue weighted by Gasteiger charge is 2.31. The molecule has 1 aliphatic rings. The van der Waals surface area contributed by atoms with Gasteiger partial charge in [-0.2, -0.15) is 0 Å². The molecule has 0 radical (unpaired) electrons. The smallest absolute Gasteiger partial charge is 0.259 e. The second-order valence-electron chi connectivity index (χ2n) is 7.94. The summed E-state index contributed by atoms with van der Waals surface area (Å²) < 4.78 is 11.3. The summed E-state index contributed by atoms with van der Waals surface area (Å²) in [7, 11) is 0. The van der Waals surface area contributed by atoms with Gasteiger partial charge in [0.2, 0.25) is 5.13 Å². The zero-order chi connectivity index (χ0) is 22.1. The number of aryl methyl sites for hydroxylation is 3. The Labute approximate surface area is 184 Å². The number of ether oxygens (including phenoxy) is 1. The Bertz CT molecular complexity index is 1090. The summed E-state index contributed by atoms with van der Waals surface area (Å²) in [6, 6.07) is 3.88. The topological polar surface area (TPSA) is 106 Å². The van der Waals surface area contributed by atoms with E-state index in [9.17, 15) is 4.79 Å². The van der Waals surface area contributed by atoms with Crippen LogP contribution in [-0.2, 0) is 4.74 Å². The van der Waals surface area contributed by atoms with Gasteiger partial charge in [-0.25, -0.2) is 0 Å². The number of nitrogens with zero attached hydrogens (tertiary/aromatic N) is 5. The normalized spacial score (nSPS) is 16.7. The van der Waals surface area contributed by atoms with Crippen LogP contribution in [0.3, 0.4) is 0 Å². The highest BCUT2D eigenvalue weighted by molar-refractivity contribution is 7.15. The molecule has 3 aromatic rings. The standard InChI is InChI=1S/C21H26N6O3S/c1-11(2)19-18(13(4)30-26-19)20(28)27-6-7-29-17(10-27)16-9-15(8-12(3)22-16)23-21-25-24-14(5)31-21/h8-9,11,17H,6-7,10H2,1-5H3,(H,22,23,25)/t17-/m1/s1. The molecule has 0 spiro atoms. The second kappa shape index (κ2) is 8.72. The van der Waals surface area contributed by atoms with E-state index in [1.54, 1.807) is 11.8 Å². The molecule has 0 bridgehead atoms. The van der Waals surface area contributed by atoms with Crippen molar-refractivity contribution in [3.63, 3.8) is 0 Å². The molecule has 0 aromatic carbocycles. The molecule has 0 unspecified atom stereocenters. The molecule has 1 aliphatic heterocycles. The van der Waals surface area contributed by atoms with E-state index in [0.717, 1.165) is 27.2 Å². The molecule has 3 aromatic heterocycles. The Morgan fingerprint density at radius 1 is 1.26 bits per heavy atom. The summed E-state index contributed by atoms with van der Waals surface area (Å²) in [4.78, 5) is 19.7. The van der Waals surface area contributed by atoms with Crippen LogP contribution in [0.5, 0.6) is 0 Å². The molecule has 4 heterocycles. The first kappa shape index (κ1) is 21.4. The van der Waals surface area contributed by atoms with Crippen molar-refractivity contribution >= 4 is 28.1 Å². The maximum absolute atomic E-state index is 13.3. The quantitative estimate of drug-likeness (QED) is 0.633. The number of carbonyl (C=O) groups is 1. The van der Waals surface area contributed by atoms with Gasteiger partial charge in [-0.1, -0.05) is 30.3 Å². The number of nitrogens with one attached hydrogen (secondary N) is 1. The fourth-order valence-electron chi connectivity index (χ4n) is 3.62. The number of morpholine rings is 1. The van der Waals surface area contributed by atoms with Crippen LogP contribution in [0.25, 0.3) is 0 Å². The zero-order valence-corrected chi connectivity index (χ0v) is 19.1. The van der Waals surface area contributed by atoms with Crippen LogP contribution >= 0.6 is 11.3 Å². The van der Waals surface area contributed by atoms with Gasteiger partial charge >= 0.3 is 0 Å². The van der Waals surface area contributed by atoms with E-state index in [1.807, 2.05) is 39.8 Å². The van der Waals surface area contributed by atoms with Gasteiger partial charge in [-0.05, 0) is 38.8 Å². The maximum atomic E-state index is 13.3. The lowest BCUT2D eigenvalue weighted by molar-refractivity contribution is -0.0248. The third-order valence-electron chi connectivity index (χ3n) is 5.08. The lowest BCUT2D eigenvalue weighted by Gasteiger charge is -2.33. The number of hydrogen-bond acceptors (Lipinski definition) is 9. The molecule has 1 amide bonds. The van der Waals surface area contributed by atoms with Crippen molar-refractivity contribution in [1.29, 1.82) is 0 Å². The minimum atomic E-state index is -0.322. The predicted octanol–water partition coefficient (Wildman–Crippen LogP) is 3.93. The summed E-state index contributed by atoms with van der Waals surface area (Å²) in [6.07, 6.45) is -0.322. The third kappa shape index (κ3) is 4.59. The molecule has 0 saturated carbocycles. The number of aromatic nitrogens is 4. The van der Waals surface area contributed by atoms with Gasteiger partial charge in [0.1, 0.15) is 22.4 Å². The van der Waals surface area contributed by atoms with E-state index in [-0.39, 0.29) is 17.9 Å². The van der Waals surface area contributed by atoms with Crippen molar-refractivity contribution in [3.05, 3.63) is 45.5 Å². The molecule has 1 fully saturated rings. The number of rotatable bonds is 5. The van der Waals surface area contributed by atoms with Gasteiger partial charge in [-0.3, -0.25) is 9.78 Å². The SMILES string of the molecule is Cc1cc(Nc2nnc(C)s2)cc([C@H]2CN(C(=O)c3c(C(C)C)noc3C)CCO2)n1. The van der Waals surface area contributed by atoms with E-state index in [0.29, 0.717) is 36.7 Å². The number of amides is 1. The Hall–Kier alpha value is -2.85. The lowest BCUT2D eigenvalue weighted by Crippen LogP contribution is -2.43. The fourth-order valence-corrected chi connectivity index (χ4v) is 4.23. The van der Waals surface area contributed by atoms with Crippen LogP contribution in [0.15, 0.2) is 16.7 Å². The minimum absolute atomic E-state index is 0.0777. The maximum Gasteiger partial charge on any atom is 0.259 e. The minimum Gasteiger partial charge on any atom is -0.368 e. The van der Waals surface area contributed by atoms with Crippen LogP contribution in [0.1, 0.15) is 64.1 Å². The molecule has 9 nitrogen and oxygen atoms in total. The molecule has 0 aliphatic carbocycles. The number of hydrogen-bond donors (Lipinski definition) is 1. The predicted molar refractivity (Wildman–Crippen MR) is 117 cm³/mol. The van der Waals surface area contributed by atoms with Crippen molar-refractivity contribution in [2.45, 2.75) is 46.6 Å². The van der Waals surface area contributed by atoms with Crippen molar-refractivity contribution in [2.75, 3.05) is 25.0 Å². The van der Waals surface area contributed by atoms with Crippen LogP contribution in [0.4, 0.5) is 10.8 Å². The van der Waals surface area contributed by atoms with E-state index < -0.39 is 0 Å². The Morgan fingerprint density at radius 3 is 2.77 bits per heavy atom. The molecular formula is C21H26N6O3S. The average molecular weight is 443 g/mol. The van der Waals surface area contributed by atoms with Gasteiger partial charge < -0.3 is 19.5 Å². The Balaban J connectivity index is 1.55. The van der Waals surface area contributed by atoms with Gasteiger partial charge in [0.05, 0.1) is 24.5 Å². The summed E-state index contributed by atoms with van der Waals surface area (Å²) in [5, 5.41) is 17.1. The molecule has 1 atom stereocenters. The molecule has 1 N–H and O–H groups in total. The van der Waals surface area contributed by atoms with E-state index in [4.69, 9.17) is 9.26 Å². The Kier molecular flexibility index (Phi) is 6.01. The summed E-state index contributed by atoms with van der Waals surface area (Å²) in [6.45, 7) is 11.0. The third-order valence-corrected chi connectivity index (χ3v) is 5.84. The molecular weight excluding hydrogens is 416 g/mol. The second-order valence-corrected chi connectivity index (χ2v) is 9.12. The van der Waals surface area contributed by atoms with E-state index in [2.05, 4.69) is 25.7 Å². The van der Waals surface area contributed by atoms with Crippen LogP contribution < -0.4 is 5.32 Å². The van der Waals surface area contributed by atoms with Crippen LogP contribution in [-0.4, -0.2) is 50.8 Å². The molecule has 10 heteroatoms. The monoisotopic (exact) mass is 442 g/mol. The highest BCUT2D eigenvalue weighted by Crippen LogP contribution is 2.29.